The largest absolute Gasteiger partial charge is 0.478 e. The minimum atomic E-state index is -1.19. The summed E-state index contributed by atoms with van der Waals surface area (Å²) in [7, 11) is 0. The maximum atomic E-state index is 11.8. The highest BCUT2D eigenvalue weighted by Gasteiger charge is 2.08. The zero-order valence-electron chi connectivity index (χ0n) is 10.7. The van der Waals surface area contributed by atoms with Crippen molar-refractivity contribution in [2.75, 3.05) is 5.32 Å². The number of pyridine rings is 1. The van der Waals surface area contributed by atoms with E-state index in [0.717, 1.165) is 10.6 Å². The van der Waals surface area contributed by atoms with Crippen LogP contribution in [0.4, 0.5) is 5.69 Å². The Hall–Kier alpha value is -2.60. The van der Waals surface area contributed by atoms with Gasteiger partial charge in [-0.05, 0) is 30.3 Å². The number of nitrogens with one attached hydrogen (secondary N) is 1. The molecule has 0 saturated carbocycles. The van der Waals surface area contributed by atoms with Gasteiger partial charge < -0.3 is 15.0 Å². The third-order valence-corrected chi connectivity index (χ3v) is 2.94. The lowest BCUT2D eigenvalue weighted by atomic mass is 10.2. The van der Waals surface area contributed by atoms with Gasteiger partial charge in [0, 0.05) is 23.0 Å². The quantitative estimate of drug-likeness (QED) is 0.902. The summed E-state index contributed by atoms with van der Waals surface area (Å²) < 4.78 is 1.12. The SMILES string of the molecule is O=C(Cn1ccc(C(=O)O)cc1=O)Nc1ccc(Cl)cc1. The van der Waals surface area contributed by atoms with Crippen LogP contribution in [0.15, 0.2) is 47.4 Å². The molecule has 0 bridgehead atoms. The van der Waals surface area contributed by atoms with Crippen LogP contribution in [-0.2, 0) is 11.3 Å². The smallest absolute Gasteiger partial charge is 0.335 e. The molecule has 1 amide bonds. The van der Waals surface area contributed by atoms with Gasteiger partial charge in [-0.2, -0.15) is 0 Å². The van der Waals surface area contributed by atoms with E-state index in [1.807, 2.05) is 0 Å². The van der Waals surface area contributed by atoms with Crippen molar-refractivity contribution in [1.82, 2.24) is 4.57 Å². The Morgan fingerprint density at radius 1 is 1.19 bits per heavy atom. The number of hydrogen-bond acceptors (Lipinski definition) is 3. The Bertz CT molecular complexity index is 737. The molecule has 21 heavy (non-hydrogen) atoms. The van der Waals surface area contributed by atoms with Crippen molar-refractivity contribution in [1.29, 1.82) is 0 Å². The lowest BCUT2D eigenvalue weighted by Gasteiger charge is -2.07. The van der Waals surface area contributed by atoms with E-state index >= 15 is 0 Å². The summed E-state index contributed by atoms with van der Waals surface area (Å²) in [5, 5.41) is 11.9. The number of hydrogen-bond donors (Lipinski definition) is 2. The van der Waals surface area contributed by atoms with Crippen molar-refractivity contribution in [3.63, 3.8) is 0 Å². The van der Waals surface area contributed by atoms with Crippen molar-refractivity contribution >= 4 is 29.2 Å². The molecule has 0 radical (unpaired) electrons. The lowest BCUT2D eigenvalue weighted by molar-refractivity contribution is -0.116. The van der Waals surface area contributed by atoms with E-state index in [1.165, 1.54) is 12.3 Å². The molecule has 0 saturated heterocycles. The van der Waals surface area contributed by atoms with Crippen molar-refractivity contribution in [2.45, 2.75) is 6.54 Å². The van der Waals surface area contributed by atoms with Gasteiger partial charge in [0.05, 0.1) is 5.56 Å². The molecule has 1 aromatic heterocycles. The Morgan fingerprint density at radius 2 is 1.86 bits per heavy atom. The minimum absolute atomic E-state index is 0.116. The van der Waals surface area contributed by atoms with Gasteiger partial charge in [-0.1, -0.05) is 11.6 Å². The van der Waals surface area contributed by atoms with Crippen molar-refractivity contribution in [2.24, 2.45) is 0 Å². The van der Waals surface area contributed by atoms with Gasteiger partial charge >= 0.3 is 5.97 Å². The lowest BCUT2D eigenvalue weighted by Crippen LogP contribution is -2.27. The number of benzene rings is 1. The zero-order valence-corrected chi connectivity index (χ0v) is 11.5. The molecule has 0 unspecified atom stereocenters. The molecule has 2 rings (SSSR count). The molecule has 1 aromatic carbocycles. The summed E-state index contributed by atoms with van der Waals surface area (Å²) in [5.74, 6) is -1.59. The number of carboxylic acid groups (broad SMARTS) is 1. The van der Waals surface area contributed by atoms with E-state index in [9.17, 15) is 14.4 Å². The van der Waals surface area contributed by atoms with Gasteiger partial charge in [-0.15, -0.1) is 0 Å². The monoisotopic (exact) mass is 306 g/mol. The second kappa shape index (κ2) is 6.23. The van der Waals surface area contributed by atoms with Crippen molar-refractivity contribution in [3.8, 4) is 0 Å². The number of aromatic carboxylic acids is 1. The fraction of sp³-hybridized carbons (Fsp3) is 0.0714. The number of halogens is 1. The van der Waals surface area contributed by atoms with Crippen LogP contribution in [0.2, 0.25) is 5.02 Å². The van der Waals surface area contributed by atoms with Gasteiger partial charge in [-0.25, -0.2) is 4.79 Å². The number of carbonyl (C=O) groups is 2. The van der Waals surface area contributed by atoms with Crippen LogP contribution >= 0.6 is 11.6 Å². The fourth-order valence-electron chi connectivity index (χ4n) is 1.66. The minimum Gasteiger partial charge on any atom is -0.478 e. The molecule has 7 heteroatoms. The van der Waals surface area contributed by atoms with E-state index in [-0.39, 0.29) is 12.1 Å². The van der Waals surface area contributed by atoms with Crippen molar-refractivity contribution in [3.05, 3.63) is 63.5 Å². The molecule has 2 N–H and O–H groups in total. The summed E-state index contributed by atoms with van der Waals surface area (Å²) in [5.41, 5.74) is -0.116. The molecular formula is C14H11ClN2O4. The number of carboxylic acids is 1. The van der Waals surface area contributed by atoms with E-state index in [0.29, 0.717) is 10.7 Å². The average Bonchev–Trinajstić information content (AvgIpc) is 2.43. The molecule has 108 valence electrons. The van der Waals surface area contributed by atoms with Crippen LogP contribution < -0.4 is 10.9 Å². The number of amides is 1. The first-order chi connectivity index (χ1) is 9.95. The number of nitrogens with zero attached hydrogens (tertiary/aromatic N) is 1. The molecule has 0 aliphatic carbocycles. The molecule has 0 spiro atoms. The fourth-order valence-corrected chi connectivity index (χ4v) is 1.79. The van der Waals surface area contributed by atoms with E-state index < -0.39 is 17.4 Å². The number of rotatable bonds is 4. The second-order valence-corrected chi connectivity index (χ2v) is 4.68. The first kappa shape index (κ1) is 14.8. The second-order valence-electron chi connectivity index (χ2n) is 4.24. The van der Waals surface area contributed by atoms with E-state index in [1.54, 1.807) is 24.3 Å². The molecule has 6 nitrogen and oxygen atoms in total. The van der Waals surface area contributed by atoms with Crippen LogP contribution in [0.3, 0.4) is 0 Å². The van der Waals surface area contributed by atoms with Gasteiger partial charge in [0.25, 0.3) is 5.56 Å². The average molecular weight is 307 g/mol. The summed E-state index contributed by atoms with van der Waals surface area (Å²) in [4.78, 5) is 34.2. The topological polar surface area (TPSA) is 88.4 Å². The number of carbonyl (C=O) groups excluding carboxylic acids is 1. The molecule has 0 aliphatic rings. The first-order valence-corrected chi connectivity index (χ1v) is 6.33. The van der Waals surface area contributed by atoms with Gasteiger partial charge in [0.1, 0.15) is 6.54 Å². The summed E-state index contributed by atoms with van der Waals surface area (Å²) >= 11 is 5.73. The highest BCUT2D eigenvalue weighted by atomic mass is 35.5. The van der Waals surface area contributed by atoms with Crippen LogP contribution in [0.5, 0.6) is 0 Å². The normalized spacial score (nSPS) is 10.1. The maximum Gasteiger partial charge on any atom is 0.335 e. The van der Waals surface area contributed by atoms with Crippen LogP contribution in [-0.4, -0.2) is 21.6 Å². The highest BCUT2D eigenvalue weighted by Crippen LogP contribution is 2.13. The van der Waals surface area contributed by atoms with Crippen LogP contribution in [0, 0.1) is 0 Å². The third kappa shape index (κ3) is 3.93. The predicted molar refractivity (Wildman–Crippen MR) is 77.7 cm³/mol. The first-order valence-electron chi connectivity index (χ1n) is 5.95. The standard InChI is InChI=1S/C14H11ClN2O4/c15-10-1-3-11(4-2-10)16-12(18)8-17-6-5-9(14(20)21)7-13(17)19/h1-7H,8H2,(H,16,18)(H,20,21). The molecule has 1 heterocycles. The summed E-state index contributed by atoms with van der Waals surface area (Å²) in [6, 6.07) is 8.76. The molecular weight excluding hydrogens is 296 g/mol. The van der Waals surface area contributed by atoms with Gasteiger partial charge in [0.15, 0.2) is 0 Å². The Balaban J connectivity index is 2.07. The van der Waals surface area contributed by atoms with Gasteiger partial charge in [0.2, 0.25) is 5.91 Å². The van der Waals surface area contributed by atoms with Crippen LogP contribution in [0.1, 0.15) is 10.4 Å². The Kier molecular flexibility index (Phi) is 4.39. The summed E-state index contributed by atoms with van der Waals surface area (Å²) in [6.07, 6.45) is 1.27. The highest BCUT2D eigenvalue weighted by molar-refractivity contribution is 6.30. The maximum absolute atomic E-state index is 11.8. The number of aromatic nitrogens is 1. The van der Waals surface area contributed by atoms with E-state index in [2.05, 4.69) is 5.32 Å². The van der Waals surface area contributed by atoms with E-state index in [4.69, 9.17) is 16.7 Å². The molecule has 0 fully saturated rings. The third-order valence-electron chi connectivity index (χ3n) is 2.68. The van der Waals surface area contributed by atoms with Crippen LogP contribution in [0.25, 0.3) is 0 Å². The zero-order chi connectivity index (χ0) is 15.4. The Morgan fingerprint density at radius 3 is 2.43 bits per heavy atom. The molecule has 0 aliphatic heterocycles. The molecule has 2 aromatic rings. The molecule has 0 atom stereocenters. The summed E-state index contributed by atoms with van der Waals surface area (Å²) in [6.45, 7) is -0.207. The van der Waals surface area contributed by atoms with Crippen molar-refractivity contribution < 1.29 is 14.7 Å². The Labute approximate surface area is 124 Å². The van der Waals surface area contributed by atoms with Gasteiger partial charge in [-0.3, -0.25) is 9.59 Å². The predicted octanol–water partition coefficient (Wildman–Crippen LogP) is 1.84. The number of anilines is 1.